The Balaban J connectivity index is 2.53. The van der Waals surface area contributed by atoms with Gasteiger partial charge in [0, 0.05) is 11.3 Å². The standard InChI is InChI=1S/C7H9NO4/c1-12-7(9)5-2-3-6(4-5)8(10)11/h2-3,5-6H,4H2,1H3. The van der Waals surface area contributed by atoms with Crippen molar-refractivity contribution in [2.24, 2.45) is 5.92 Å². The van der Waals surface area contributed by atoms with Gasteiger partial charge in [-0.1, -0.05) is 6.08 Å². The summed E-state index contributed by atoms with van der Waals surface area (Å²) >= 11 is 0. The molecule has 0 radical (unpaired) electrons. The second kappa shape index (κ2) is 3.34. The molecule has 2 unspecified atom stereocenters. The van der Waals surface area contributed by atoms with E-state index < -0.39 is 22.9 Å². The van der Waals surface area contributed by atoms with Gasteiger partial charge in [-0.2, -0.15) is 0 Å². The van der Waals surface area contributed by atoms with Crippen molar-refractivity contribution in [3.8, 4) is 0 Å². The largest absolute Gasteiger partial charge is 0.469 e. The quantitative estimate of drug-likeness (QED) is 0.260. The lowest BCUT2D eigenvalue weighted by molar-refractivity contribution is -0.509. The fourth-order valence-corrected chi connectivity index (χ4v) is 1.16. The van der Waals surface area contributed by atoms with Gasteiger partial charge in [0.1, 0.15) is 0 Å². The first-order valence-corrected chi connectivity index (χ1v) is 3.55. The van der Waals surface area contributed by atoms with Gasteiger partial charge in [-0.15, -0.1) is 0 Å². The number of carbonyl (C=O) groups is 1. The smallest absolute Gasteiger partial charge is 0.312 e. The molecule has 1 aliphatic rings. The molecule has 0 saturated heterocycles. The van der Waals surface area contributed by atoms with E-state index in [-0.39, 0.29) is 6.42 Å². The van der Waals surface area contributed by atoms with Crippen LogP contribution >= 0.6 is 0 Å². The molecule has 0 spiro atoms. The second-order valence-corrected chi connectivity index (χ2v) is 2.60. The average Bonchev–Trinajstić information content (AvgIpc) is 2.51. The van der Waals surface area contributed by atoms with Crippen molar-refractivity contribution in [1.82, 2.24) is 0 Å². The van der Waals surface area contributed by atoms with Gasteiger partial charge in [-0.3, -0.25) is 14.9 Å². The van der Waals surface area contributed by atoms with Crippen LogP contribution in [0.2, 0.25) is 0 Å². The maximum atomic E-state index is 10.9. The van der Waals surface area contributed by atoms with Crippen LogP contribution < -0.4 is 0 Å². The molecular formula is C7H9NO4. The highest BCUT2D eigenvalue weighted by Crippen LogP contribution is 2.20. The first-order chi connectivity index (χ1) is 5.65. The summed E-state index contributed by atoms with van der Waals surface area (Å²) in [4.78, 5) is 20.7. The highest BCUT2D eigenvalue weighted by molar-refractivity contribution is 5.75. The molecule has 1 rings (SSSR count). The molecule has 0 aromatic heterocycles. The fourth-order valence-electron chi connectivity index (χ4n) is 1.16. The number of nitro groups is 1. The van der Waals surface area contributed by atoms with Crippen LogP contribution in [0.15, 0.2) is 12.2 Å². The minimum Gasteiger partial charge on any atom is -0.469 e. The summed E-state index contributed by atoms with van der Waals surface area (Å²) in [6, 6.07) is -0.728. The highest BCUT2D eigenvalue weighted by Gasteiger charge is 2.31. The van der Waals surface area contributed by atoms with Crippen LogP contribution in [0.1, 0.15) is 6.42 Å². The van der Waals surface area contributed by atoms with Gasteiger partial charge in [0.05, 0.1) is 13.0 Å². The van der Waals surface area contributed by atoms with Crippen molar-refractivity contribution in [3.63, 3.8) is 0 Å². The number of carbonyl (C=O) groups excluding carboxylic acids is 1. The summed E-state index contributed by atoms with van der Waals surface area (Å²) in [5.74, 6) is -0.846. The monoisotopic (exact) mass is 171 g/mol. The van der Waals surface area contributed by atoms with Crippen LogP contribution in [0.4, 0.5) is 0 Å². The molecule has 2 atom stereocenters. The summed E-state index contributed by atoms with van der Waals surface area (Å²) < 4.78 is 4.45. The van der Waals surface area contributed by atoms with Gasteiger partial charge in [0.2, 0.25) is 6.04 Å². The average molecular weight is 171 g/mol. The molecule has 0 aliphatic heterocycles. The Labute approximate surface area is 69.2 Å². The molecule has 0 fully saturated rings. The Hall–Kier alpha value is -1.39. The van der Waals surface area contributed by atoms with Gasteiger partial charge in [-0.05, 0) is 6.08 Å². The van der Waals surface area contributed by atoms with E-state index in [2.05, 4.69) is 4.74 Å². The minimum absolute atomic E-state index is 0.222. The van der Waals surface area contributed by atoms with Crippen molar-refractivity contribution in [1.29, 1.82) is 0 Å². The van der Waals surface area contributed by atoms with E-state index in [9.17, 15) is 14.9 Å². The van der Waals surface area contributed by atoms with E-state index >= 15 is 0 Å². The van der Waals surface area contributed by atoms with Crippen LogP contribution in [-0.2, 0) is 9.53 Å². The third-order valence-electron chi connectivity index (χ3n) is 1.84. The second-order valence-electron chi connectivity index (χ2n) is 2.60. The van der Waals surface area contributed by atoms with Gasteiger partial charge < -0.3 is 4.74 Å². The Morgan fingerprint density at radius 3 is 2.75 bits per heavy atom. The van der Waals surface area contributed by atoms with Gasteiger partial charge in [0.25, 0.3) is 0 Å². The number of ether oxygens (including phenoxy) is 1. The molecule has 0 amide bonds. The molecular weight excluding hydrogens is 162 g/mol. The molecule has 0 saturated carbocycles. The zero-order valence-corrected chi connectivity index (χ0v) is 6.60. The predicted octanol–water partition coefficient (Wildman–Crippen LogP) is 0.381. The minimum atomic E-state index is -0.728. The number of nitrogens with zero attached hydrogens (tertiary/aromatic N) is 1. The maximum absolute atomic E-state index is 10.9. The van der Waals surface area contributed by atoms with Crippen molar-refractivity contribution < 1.29 is 14.5 Å². The zero-order valence-electron chi connectivity index (χ0n) is 6.60. The first kappa shape index (κ1) is 8.70. The summed E-state index contributed by atoms with van der Waals surface area (Å²) in [5.41, 5.74) is 0. The summed E-state index contributed by atoms with van der Waals surface area (Å²) in [5, 5.41) is 10.3. The number of rotatable bonds is 2. The van der Waals surface area contributed by atoms with Crippen molar-refractivity contribution in [3.05, 3.63) is 22.3 Å². The van der Waals surface area contributed by atoms with Crippen LogP contribution in [0.5, 0.6) is 0 Å². The molecule has 0 aromatic carbocycles. The van der Waals surface area contributed by atoms with Crippen molar-refractivity contribution in [2.75, 3.05) is 7.11 Å². The van der Waals surface area contributed by atoms with Gasteiger partial charge in [0.15, 0.2) is 0 Å². The van der Waals surface area contributed by atoms with E-state index in [0.29, 0.717) is 0 Å². The molecule has 0 bridgehead atoms. The van der Waals surface area contributed by atoms with E-state index in [0.717, 1.165) is 0 Å². The van der Waals surface area contributed by atoms with E-state index in [1.165, 1.54) is 19.3 Å². The molecule has 66 valence electrons. The topological polar surface area (TPSA) is 69.4 Å². The lowest BCUT2D eigenvalue weighted by Crippen LogP contribution is -2.19. The molecule has 0 N–H and O–H groups in total. The molecule has 1 aliphatic carbocycles. The Morgan fingerprint density at radius 2 is 2.33 bits per heavy atom. The predicted molar refractivity (Wildman–Crippen MR) is 40.0 cm³/mol. The number of hydrogen-bond donors (Lipinski definition) is 0. The molecule has 0 aromatic rings. The molecule has 5 nitrogen and oxygen atoms in total. The highest BCUT2D eigenvalue weighted by atomic mass is 16.6. The fraction of sp³-hybridized carbons (Fsp3) is 0.571. The summed E-state index contributed by atoms with van der Waals surface area (Å²) in [6.07, 6.45) is 3.18. The van der Waals surface area contributed by atoms with Crippen molar-refractivity contribution in [2.45, 2.75) is 12.5 Å². The van der Waals surface area contributed by atoms with E-state index in [1.807, 2.05) is 0 Å². The Bertz CT molecular complexity index is 236. The third kappa shape index (κ3) is 1.61. The van der Waals surface area contributed by atoms with E-state index in [1.54, 1.807) is 0 Å². The Morgan fingerprint density at radius 1 is 1.67 bits per heavy atom. The first-order valence-electron chi connectivity index (χ1n) is 3.55. The maximum Gasteiger partial charge on any atom is 0.312 e. The van der Waals surface area contributed by atoms with Crippen LogP contribution in [-0.4, -0.2) is 24.0 Å². The van der Waals surface area contributed by atoms with Crippen LogP contribution in [0, 0.1) is 16.0 Å². The molecule has 0 heterocycles. The molecule has 5 heteroatoms. The van der Waals surface area contributed by atoms with Crippen molar-refractivity contribution >= 4 is 5.97 Å². The van der Waals surface area contributed by atoms with E-state index in [4.69, 9.17) is 0 Å². The van der Waals surface area contributed by atoms with Gasteiger partial charge >= 0.3 is 5.97 Å². The van der Waals surface area contributed by atoms with Gasteiger partial charge in [-0.25, -0.2) is 0 Å². The summed E-state index contributed by atoms with van der Waals surface area (Å²) in [7, 11) is 1.27. The third-order valence-corrected chi connectivity index (χ3v) is 1.84. The number of methoxy groups -OCH3 is 1. The zero-order chi connectivity index (χ0) is 9.14. The Kier molecular flexibility index (Phi) is 2.42. The lowest BCUT2D eigenvalue weighted by atomic mass is 10.1. The SMILES string of the molecule is COC(=O)C1C=CC([N+](=O)[O-])C1. The molecule has 12 heavy (non-hydrogen) atoms. The lowest BCUT2D eigenvalue weighted by Gasteiger charge is -2.04. The normalized spacial score (nSPS) is 27.1. The summed E-state index contributed by atoms with van der Waals surface area (Å²) in [6.45, 7) is 0. The number of hydrogen-bond acceptors (Lipinski definition) is 4. The van der Waals surface area contributed by atoms with Crippen LogP contribution in [0.25, 0.3) is 0 Å². The number of esters is 1. The van der Waals surface area contributed by atoms with Crippen LogP contribution in [0.3, 0.4) is 0 Å².